The largest absolute Gasteiger partial charge is 0.496 e. The molecule has 158 valence electrons. The molecule has 2 N–H and O–H groups in total. The first-order chi connectivity index (χ1) is 14.5. The van der Waals surface area contributed by atoms with Gasteiger partial charge >= 0.3 is 5.97 Å². The number of carbonyl (C=O) groups excluding carboxylic acids is 2. The number of fused-ring (bicyclic) bond motifs is 1. The molecule has 0 radical (unpaired) electrons. The Morgan fingerprint density at radius 1 is 1.23 bits per heavy atom. The zero-order chi connectivity index (χ0) is 21.5. The predicted molar refractivity (Wildman–Crippen MR) is 123 cm³/mol. The summed E-state index contributed by atoms with van der Waals surface area (Å²) in [5.74, 6) is -0.0625. The molecule has 2 aromatic rings. The highest BCUT2D eigenvalue weighted by molar-refractivity contribution is 7.80. The molecular formula is C22H24N2O4S2. The summed E-state index contributed by atoms with van der Waals surface area (Å²) in [6, 6.07) is 7.39. The molecule has 0 aliphatic heterocycles. The molecule has 3 rings (SSSR count). The van der Waals surface area contributed by atoms with Gasteiger partial charge in [0.15, 0.2) is 5.11 Å². The first-order valence-electron chi connectivity index (χ1n) is 9.78. The normalized spacial score (nSPS) is 12.9. The molecule has 1 amide bonds. The maximum atomic E-state index is 12.5. The Kier molecular flexibility index (Phi) is 7.59. The number of thiophene rings is 1. The number of methoxy groups -OCH3 is 1. The summed E-state index contributed by atoms with van der Waals surface area (Å²) in [5.41, 5.74) is 2.36. The van der Waals surface area contributed by atoms with Crippen molar-refractivity contribution in [1.29, 1.82) is 0 Å². The van der Waals surface area contributed by atoms with Crippen LogP contribution in [0.4, 0.5) is 5.00 Å². The molecule has 0 bridgehead atoms. The van der Waals surface area contributed by atoms with Gasteiger partial charge in [-0.3, -0.25) is 10.1 Å². The molecule has 6 nitrogen and oxygen atoms in total. The maximum Gasteiger partial charge on any atom is 0.341 e. The van der Waals surface area contributed by atoms with Crippen LogP contribution >= 0.6 is 23.6 Å². The fourth-order valence-electron chi connectivity index (χ4n) is 3.33. The van der Waals surface area contributed by atoms with Crippen LogP contribution in [0, 0.1) is 0 Å². The molecule has 0 saturated carbocycles. The van der Waals surface area contributed by atoms with E-state index in [9.17, 15) is 9.59 Å². The number of hydrogen-bond donors (Lipinski definition) is 2. The highest BCUT2D eigenvalue weighted by Gasteiger charge is 2.26. The van der Waals surface area contributed by atoms with E-state index in [1.807, 2.05) is 24.3 Å². The first kappa shape index (κ1) is 22.0. The van der Waals surface area contributed by atoms with Crippen molar-refractivity contribution in [1.82, 2.24) is 5.32 Å². The van der Waals surface area contributed by atoms with E-state index >= 15 is 0 Å². The summed E-state index contributed by atoms with van der Waals surface area (Å²) in [5, 5.41) is 6.40. The quantitative estimate of drug-likeness (QED) is 0.392. The molecule has 1 aliphatic rings. The minimum atomic E-state index is -0.377. The van der Waals surface area contributed by atoms with Crippen LogP contribution in [0.25, 0.3) is 6.08 Å². The van der Waals surface area contributed by atoms with E-state index < -0.39 is 0 Å². The number of nitrogens with one attached hydrogen (secondary N) is 2. The van der Waals surface area contributed by atoms with Gasteiger partial charge in [0.25, 0.3) is 0 Å². The average Bonchev–Trinajstić information content (AvgIpc) is 3.10. The number of rotatable bonds is 6. The fourth-order valence-corrected chi connectivity index (χ4v) is 4.88. The van der Waals surface area contributed by atoms with Crippen LogP contribution < -0.4 is 15.4 Å². The Balaban J connectivity index is 1.70. The molecule has 1 aromatic heterocycles. The molecule has 1 heterocycles. The van der Waals surface area contributed by atoms with E-state index in [0.717, 1.165) is 36.8 Å². The summed E-state index contributed by atoms with van der Waals surface area (Å²) >= 11 is 6.80. The lowest BCUT2D eigenvalue weighted by atomic mass is 9.95. The van der Waals surface area contributed by atoms with Crippen molar-refractivity contribution in [3.05, 3.63) is 51.9 Å². The Bertz CT molecular complexity index is 982. The lowest BCUT2D eigenvalue weighted by molar-refractivity contribution is -0.115. The van der Waals surface area contributed by atoms with Crippen molar-refractivity contribution >= 4 is 51.6 Å². The van der Waals surface area contributed by atoms with Crippen molar-refractivity contribution in [2.24, 2.45) is 0 Å². The molecular weight excluding hydrogens is 420 g/mol. The number of thiocarbonyl (C=S) groups is 1. The number of benzene rings is 1. The summed E-state index contributed by atoms with van der Waals surface area (Å²) < 4.78 is 10.5. The van der Waals surface area contributed by atoms with E-state index in [1.165, 1.54) is 22.3 Å². The second kappa shape index (κ2) is 10.4. The SMILES string of the molecule is CCOC(=O)c1c(NC(=S)NC(=O)C=Cc2ccccc2OC)sc2c1CCCC2. The van der Waals surface area contributed by atoms with Crippen LogP contribution in [-0.4, -0.2) is 30.7 Å². The van der Waals surface area contributed by atoms with Gasteiger partial charge in [0.1, 0.15) is 10.8 Å². The summed E-state index contributed by atoms with van der Waals surface area (Å²) in [4.78, 5) is 26.0. The zero-order valence-electron chi connectivity index (χ0n) is 16.9. The van der Waals surface area contributed by atoms with Crippen LogP contribution in [0.1, 0.15) is 46.1 Å². The van der Waals surface area contributed by atoms with Crippen LogP contribution in [0.3, 0.4) is 0 Å². The number of carbonyl (C=O) groups is 2. The van der Waals surface area contributed by atoms with Gasteiger partial charge in [-0.05, 0) is 62.5 Å². The molecule has 0 unspecified atom stereocenters. The van der Waals surface area contributed by atoms with Crippen LogP contribution in [-0.2, 0) is 22.4 Å². The topological polar surface area (TPSA) is 76.7 Å². The minimum Gasteiger partial charge on any atom is -0.496 e. The monoisotopic (exact) mass is 444 g/mol. The third kappa shape index (κ3) is 5.25. The number of esters is 1. The second-order valence-corrected chi connectivity index (χ2v) is 8.17. The summed E-state index contributed by atoms with van der Waals surface area (Å²) in [6.45, 7) is 2.08. The van der Waals surface area contributed by atoms with Crippen molar-refractivity contribution in [2.75, 3.05) is 19.0 Å². The highest BCUT2D eigenvalue weighted by atomic mass is 32.1. The first-order valence-corrected chi connectivity index (χ1v) is 11.0. The van der Waals surface area contributed by atoms with Gasteiger partial charge in [0.05, 0.1) is 19.3 Å². The third-order valence-corrected chi connectivity index (χ3v) is 6.08. The zero-order valence-corrected chi connectivity index (χ0v) is 18.6. The lowest BCUT2D eigenvalue weighted by Gasteiger charge is -2.12. The van der Waals surface area contributed by atoms with Crippen molar-refractivity contribution in [3.63, 3.8) is 0 Å². The third-order valence-electron chi connectivity index (χ3n) is 4.67. The number of hydrogen-bond acceptors (Lipinski definition) is 6. The number of amides is 1. The van der Waals surface area contributed by atoms with E-state index in [4.69, 9.17) is 21.7 Å². The smallest absolute Gasteiger partial charge is 0.341 e. The van der Waals surface area contributed by atoms with Crippen LogP contribution in [0.2, 0.25) is 0 Å². The van der Waals surface area contributed by atoms with Crippen molar-refractivity contribution < 1.29 is 19.1 Å². The van der Waals surface area contributed by atoms with E-state index in [2.05, 4.69) is 10.6 Å². The van der Waals surface area contributed by atoms with Gasteiger partial charge in [-0.1, -0.05) is 18.2 Å². The summed E-state index contributed by atoms with van der Waals surface area (Å²) in [6.07, 6.45) is 6.98. The van der Waals surface area contributed by atoms with E-state index in [-0.39, 0.29) is 17.0 Å². The predicted octanol–water partition coefficient (Wildman–Crippen LogP) is 4.34. The van der Waals surface area contributed by atoms with Crippen molar-refractivity contribution in [3.8, 4) is 5.75 Å². The van der Waals surface area contributed by atoms with Crippen molar-refractivity contribution in [2.45, 2.75) is 32.6 Å². The second-order valence-electron chi connectivity index (χ2n) is 6.65. The Labute approximate surface area is 185 Å². The number of anilines is 1. The number of para-hydroxylation sites is 1. The van der Waals surface area contributed by atoms with Gasteiger partial charge in [0, 0.05) is 16.5 Å². The van der Waals surface area contributed by atoms with Gasteiger partial charge in [-0.15, -0.1) is 11.3 Å². The number of ether oxygens (including phenoxy) is 2. The highest BCUT2D eigenvalue weighted by Crippen LogP contribution is 2.38. The molecule has 30 heavy (non-hydrogen) atoms. The van der Waals surface area contributed by atoms with E-state index in [1.54, 1.807) is 20.1 Å². The lowest BCUT2D eigenvalue weighted by Crippen LogP contribution is -2.33. The van der Waals surface area contributed by atoms with Crippen LogP contribution in [0.15, 0.2) is 30.3 Å². The Hall–Kier alpha value is -2.71. The molecule has 1 aliphatic carbocycles. The van der Waals surface area contributed by atoms with Gasteiger partial charge in [-0.2, -0.15) is 0 Å². The Morgan fingerprint density at radius 2 is 2.00 bits per heavy atom. The fraction of sp³-hybridized carbons (Fsp3) is 0.318. The van der Waals surface area contributed by atoms with Crippen LogP contribution in [0.5, 0.6) is 5.75 Å². The molecule has 0 fully saturated rings. The standard InChI is InChI=1S/C22H24N2O4S2/c1-3-28-21(26)19-15-9-5-7-11-17(15)30-20(19)24-22(29)23-18(25)13-12-14-8-4-6-10-16(14)27-2/h4,6,8,10,12-13H,3,5,7,9,11H2,1-2H3,(H2,23,24,25,29). The molecule has 1 aromatic carbocycles. The van der Waals surface area contributed by atoms with Gasteiger partial charge in [0.2, 0.25) is 5.91 Å². The van der Waals surface area contributed by atoms with Gasteiger partial charge in [-0.25, -0.2) is 4.79 Å². The minimum absolute atomic E-state index is 0.133. The number of aryl methyl sites for hydroxylation is 1. The molecule has 0 spiro atoms. The molecule has 8 heteroatoms. The van der Waals surface area contributed by atoms with E-state index in [0.29, 0.717) is 22.9 Å². The maximum absolute atomic E-state index is 12.5. The van der Waals surface area contributed by atoms with Gasteiger partial charge < -0.3 is 14.8 Å². The summed E-state index contributed by atoms with van der Waals surface area (Å²) in [7, 11) is 1.58. The Morgan fingerprint density at radius 3 is 2.77 bits per heavy atom. The molecule has 0 atom stereocenters. The average molecular weight is 445 g/mol. The molecule has 0 saturated heterocycles.